The van der Waals surface area contributed by atoms with E-state index in [0.717, 1.165) is 25.1 Å². The molecule has 1 atom stereocenters. The van der Waals surface area contributed by atoms with E-state index in [1.807, 2.05) is 24.5 Å². The highest BCUT2D eigenvalue weighted by Gasteiger charge is 2.19. The van der Waals surface area contributed by atoms with E-state index in [0.29, 0.717) is 6.54 Å². The highest BCUT2D eigenvalue weighted by Crippen LogP contribution is 2.28. The lowest BCUT2D eigenvalue weighted by Crippen LogP contribution is -2.32. The predicted molar refractivity (Wildman–Crippen MR) is 83.8 cm³/mol. The molecule has 0 amide bonds. The summed E-state index contributed by atoms with van der Waals surface area (Å²) in [6.07, 6.45) is 2.99. The second kappa shape index (κ2) is 6.88. The van der Waals surface area contributed by atoms with Crippen molar-refractivity contribution in [3.05, 3.63) is 36.1 Å². The molecule has 0 saturated carbocycles. The fourth-order valence-electron chi connectivity index (χ4n) is 2.59. The van der Waals surface area contributed by atoms with E-state index >= 15 is 0 Å². The van der Waals surface area contributed by atoms with Gasteiger partial charge in [-0.05, 0) is 46.7 Å². The van der Waals surface area contributed by atoms with E-state index in [9.17, 15) is 0 Å². The minimum Gasteiger partial charge on any atom is -0.464 e. The Bertz CT molecular complexity index is 535. The molecule has 0 aliphatic heterocycles. The van der Waals surface area contributed by atoms with Crippen LogP contribution in [0.4, 0.5) is 0 Å². The molecule has 1 aromatic carbocycles. The number of hydrogen-bond acceptors (Lipinski definition) is 4. The van der Waals surface area contributed by atoms with Gasteiger partial charge in [0, 0.05) is 17.5 Å². The van der Waals surface area contributed by atoms with Crippen LogP contribution in [0.3, 0.4) is 0 Å². The fraction of sp³-hybridized carbons (Fsp3) is 0.500. The average Bonchev–Trinajstić information content (AvgIpc) is 2.83. The molecule has 0 spiro atoms. The molecule has 0 saturated heterocycles. The third kappa shape index (κ3) is 3.39. The van der Waals surface area contributed by atoms with Gasteiger partial charge in [-0.15, -0.1) is 0 Å². The molecule has 0 aliphatic carbocycles. The minimum absolute atomic E-state index is 0.209. The molecule has 1 heterocycles. The van der Waals surface area contributed by atoms with Crippen LogP contribution in [0.1, 0.15) is 18.0 Å². The summed E-state index contributed by atoms with van der Waals surface area (Å²) in [6, 6.07) is 8.35. The molecule has 2 rings (SSSR count). The normalized spacial score (nSPS) is 13.5. The second-order valence-electron chi connectivity index (χ2n) is 5.58. The fourth-order valence-corrected chi connectivity index (χ4v) is 2.59. The molecule has 0 radical (unpaired) electrons. The predicted octanol–water partition coefficient (Wildman–Crippen LogP) is 2.32. The molecule has 0 fully saturated rings. The Balaban J connectivity index is 2.11. The first kappa shape index (κ1) is 15.0. The lowest BCUT2D eigenvalue weighted by molar-refractivity contribution is 0.235. The first-order valence-corrected chi connectivity index (χ1v) is 7.14. The number of likely N-dealkylation sites (N-methyl/N-ethyl adjacent to an activating group) is 1. The molecule has 1 unspecified atom stereocenters. The Labute approximate surface area is 121 Å². The van der Waals surface area contributed by atoms with E-state index in [-0.39, 0.29) is 6.04 Å². The van der Waals surface area contributed by atoms with Crippen LogP contribution in [0.15, 0.2) is 34.9 Å². The Kier molecular flexibility index (Phi) is 5.17. The van der Waals surface area contributed by atoms with Crippen molar-refractivity contribution in [2.45, 2.75) is 12.5 Å². The zero-order valence-corrected chi connectivity index (χ0v) is 12.7. The van der Waals surface area contributed by atoms with Crippen LogP contribution >= 0.6 is 0 Å². The average molecular weight is 275 g/mol. The van der Waals surface area contributed by atoms with Gasteiger partial charge < -0.3 is 15.1 Å². The van der Waals surface area contributed by atoms with Crippen molar-refractivity contribution in [1.29, 1.82) is 0 Å². The molecule has 4 heteroatoms. The maximum absolute atomic E-state index is 5.99. The monoisotopic (exact) mass is 275 g/mol. The molecule has 4 nitrogen and oxygen atoms in total. The van der Waals surface area contributed by atoms with Gasteiger partial charge in [-0.1, -0.05) is 18.2 Å². The first-order chi connectivity index (χ1) is 9.63. The summed E-state index contributed by atoms with van der Waals surface area (Å²) in [7, 11) is 6.34. The van der Waals surface area contributed by atoms with Crippen LogP contribution in [-0.2, 0) is 0 Å². The third-order valence-corrected chi connectivity index (χ3v) is 3.74. The van der Waals surface area contributed by atoms with Crippen LogP contribution in [0, 0.1) is 0 Å². The number of benzene rings is 1. The van der Waals surface area contributed by atoms with Gasteiger partial charge in [0.05, 0.1) is 12.3 Å². The van der Waals surface area contributed by atoms with Gasteiger partial charge in [0.15, 0.2) is 0 Å². The molecule has 20 heavy (non-hydrogen) atoms. The van der Waals surface area contributed by atoms with Gasteiger partial charge in [0.2, 0.25) is 0 Å². The highest BCUT2D eigenvalue weighted by molar-refractivity contribution is 5.81. The van der Waals surface area contributed by atoms with Crippen LogP contribution in [-0.4, -0.2) is 50.6 Å². The quantitative estimate of drug-likeness (QED) is 0.842. The van der Waals surface area contributed by atoms with Gasteiger partial charge >= 0.3 is 0 Å². The molecule has 2 N–H and O–H groups in total. The van der Waals surface area contributed by atoms with Crippen molar-refractivity contribution in [2.75, 3.05) is 40.8 Å². The summed E-state index contributed by atoms with van der Waals surface area (Å²) in [5.74, 6) is 0. The Morgan fingerprint density at radius 3 is 2.60 bits per heavy atom. The summed E-state index contributed by atoms with van der Waals surface area (Å²) in [5.41, 5.74) is 8.12. The zero-order chi connectivity index (χ0) is 14.5. The second-order valence-corrected chi connectivity index (χ2v) is 5.58. The van der Waals surface area contributed by atoms with Crippen molar-refractivity contribution in [1.82, 2.24) is 9.80 Å². The maximum atomic E-state index is 5.99. The smallest absolute Gasteiger partial charge is 0.134 e. The number of nitrogens with two attached hydrogens (primary N) is 1. The van der Waals surface area contributed by atoms with E-state index in [1.165, 1.54) is 10.9 Å². The van der Waals surface area contributed by atoms with Gasteiger partial charge in [0.1, 0.15) is 5.58 Å². The third-order valence-electron chi connectivity index (χ3n) is 3.74. The topological polar surface area (TPSA) is 45.6 Å². The Morgan fingerprint density at radius 2 is 1.90 bits per heavy atom. The van der Waals surface area contributed by atoms with E-state index in [2.05, 4.69) is 37.0 Å². The van der Waals surface area contributed by atoms with Crippen LogP contribution in [0.25, 0.3) is 11.0 Å². The van der Waals surface area contributed by atoms with E-state index in [4.69, 9.17) is 10.2 Å². The summed E-state index contributed by atoms with van der Waals surface area (Å²) >= 11 is 0. The molecular formula is C16H25N3O. The van der Waals surface area contributed by atoms with Gasteiger partial charge in [0.25, 0.3) is 0 Å². The molecule has 110 valence electrons. The molecule has 0 aliphatic rings. The van der Waals surface area contributed by atoms with E-state index in [1.54, 1.807) is 0 Å². The number of furan rings is 1. The van der Waals surface area contributed by atoms with Gasteiger partial charge in [-0.25, -0.2) is 0 Å². The van der Waals surface area contributed by atoms with Gasteiger partial charge in [-0.2, -0.15) is 0 Å². The standard InChI is InChI=1S/C16H25N3O/c1-18(2)9-6-10-19(3)15(11-17)14-12-20-16-8-5-4-7-13(14)16/h4-5,7-8,12,15H,6,9-11,17H2,1-3H3. The van der Waals surface area contributed by atoms with Gasteiger partial charge in [-0.3, -0.25) is 4.90 Å². The lowest BCUT2D eigenvalue weighted by atomic mass is 10.0. The summed E-state index contributed by atoms with van der Waals surface area (Å²) in [5, 5.41) is 1.17. The highest BCUT2D eigenvalue weighted by atomic mass is 16.3. The Morgan fingerprint density at radius 1 is 1.15 bits per heavy atom. The summed E-state index contributed by atoms with van der Waals surface area (Å²) in [6.45, 7) is 2.72. The minimum atomic E-state index is 0.209. The summed E-state index contributed by atoms with van der Waals surface area (Å²) < 4.78 is 5.63. The van der Waals surface area contributed by atoms with E-state index < -0.39 is 0 Å². The summed E-state index contributed by atoms with van der Waals surface area (Å²) in [4.78, 5) is 4.53. The maximum Gasteiger partial charge on any atom is 0.134 e. The van der Waals surface area contributed by atoms with Crippen molar-refractivity contribution in [3.63, 3.8) is 0 Å². The number of hydrogen-bond donors (Lipinski definition) is 1. The van der Waals surface area contributed by atoms with Crippen molar-refractivity contribution < 1.29 is 4.42 Å². The largest absolute Gasteiger partial charge is 0.464 e. The molecule has 1 aromatic heterocycles. The molecule has 0 bridgehead atoms. The number of para-hydroxylation sites is 1. The number of rotatable bonds is 7. The SMILES string of the molecule is CN(C)CCCN(C)C(CN)c1coc2ccccc12. The number of nitrogens with zero attached hydrogens (tertiary/aromatic N) is 2. The molecular weight excluding hydrogens is 250 g/mol. The Hall–Kier alpha value is -1.36. The molecule has 2 aromatic rings. The van der Waals surface area contributed by atoms with Crippen LogP contribution in [0.5, 0.6) is 0 Å². The van der Waals surface area contributed by atoms with Crippen LogP contribution < -0.4 is 5.73 Å². The van der Waals surface area contributed by atoms with Crippen molar-refractivity contribution >= 4 is 11.0 Å². The van der Waals surface area contributed by atoms with Crippen molar-refractivity contribution in [2.24, 2.45) is 5.73 Å². The number of fused-ring (bicyclic) bond motifs is 1. The van der Waals surface area contributed by atoms with Crippen molar-refractivity contribution in [3.8, 4) is 0 Å². The lowest BCUT2D eigenvalue weighted by Gasteiger charge is -2.27. The first-order valence-electron chi connectivity index (χ1n) is 7.14. The van der Waals surface area contributed by atoms with Crippen LogP contribution in [0.2, 0.25) is 0 Å². The zero-order valence-electron chi connectivity index (χ0n) is 12.7.